The minimum Gasteiger partial charge on any atom is -0.338 e. The second-order valence-electron chi connectivity index (χ2n) is 7.32. The molecular weight excluding hydrogens is 371 g/mol. The minimum atomic E-state index is -0.266. The molecule has 0 saturated carbocycles. The number of aromatic amines is 2. The number of benzene rings is 2. The summed E-state index contributed by atoms with van der Waals surface area (Å²) >= 11 is 0. The summed E-state index contributed by atoms with van der Waals surface area (Å²) in [4.78, 5) is 15.0. The van der Waals surface area contributed by atoms with E-state index in [0.29, 0.717) is 24.2 Å². The third kappa shape index (κ3) is 3.26. The van der Waals surface area contributed by atoms with E-state index in [-0.39, 0.29) is 17.6 Å². The van der Waals surface area contributed by atoms with Gasteiger partial charge >= 0.3 is 0 Å². The standard InChI is InChI=1S/C21H19FN6O/c22-16-6-3-13(4-7-16)17-11-23-26-20(17)15-2-1-9-28(12-15)21(29)14-5-8-18-19(10-14)25-27-24-18/h3-8,10-11,15H,1-2,9,12H2,(H,23,26)(H,24,25,27)/t15-/m0/s1. The number of amides is 1. The van der Waals surface area contributed by atoms with Gasteiger partial charge < -0.3 is 4.90 Å². The Labute approximate surface area is 165 Å². The van der Waals surface area contributed by atoms with Crippen LogP contribution in [-0.2, 0) is 0 Å². The molecule has 1 aliphatic heterocycles. The molecule has 146 valence electrons. The third-order valence-electron chi connectivity index (χ3n) is 5.50. The number of hydrogen-bond acceptors (Lipinski definition) is 4. The molecule has 0 radical (unpaired) electrons. The number of fused-ring (bicyclic) bond motifs is 1. The number of piperidine rings is 1. The topological polar surface area (TPSA) is 90.6 Å². The summed E-state index contributed by atoms with van der Waals surface area (Å²) in [5, 5.41) is 18.0. The SMILES string of the molecule is O=C(c1ccc2n[nH]nc2c1)N1CCC[C@H](c2[nH]ncc2-c2ccc(F)cc2)C1. The van der Waals surface area contributed by atoms with E-state index in [1.165, 1.54) is 12.1 Å². The van der Waals surface area contributed by atoms with Crippen LogP contribution >= 0.6 is 0 Å². The molecular formula is C21H19FN6O. The fraction of sp³-hybridized carbons (Fsp3) is 0.238. The zero-order valence-electron chi connectivity index (χ0n) is 15.6. The summed E-state index contributed by atoms with van der Waals surface area (Å²) in [7, 11) is 0. The summed E-state index contributed by atoms with van der Waals surface area (Å²) in [5.41, 5.74) is 4.87. The van der Waals surface area contributed by atoms with Gasteiger partial charge in [0.25, 0.3) is 5.91 Å². The third-order valence-corrected chi connectivity index (χ3v) is 5.50. The Morgan fingerprint density at radius 3 is 2.79 bits per heavy atom. The van der Waals surface area contributed by atoms with Crippen LogP contribution in [0.4, 0.5) is 4.39 Å². The molecule has 0 unspecified atom stereocenters. The molecule has 4 aromatic rings. The molecule has 0 aliphatic carbocycles. The van der Waals surface area contributed by atoms with E-state index < -0.39 is 0 Å². The van der Waals surface area contributed by atoms with Crippen molar-refractivity contribution in [1.29, 1.82) is 0 Å². The highest BCUT2D eigenvalue weighted by molar-refractivity contribution is 5.97. The Kier molecular flexibility index (Phi) is 4.31. The molecule has 1 amide bonds. The Morgan fingerprint density at radius 2 is 1.93 bits per heavy atom. The molecule has 0 spiro atoms. The van der Waals surface area contributed by atoms with E-state index in [4.69, 9.17) is 0 Å². The number of H-pyrrole nitrogens is 2. The van der Waals surface area contributed by atoms with E-state index in [2.05, 4.69) is 25.6 Å². The molecule has 2 N–H and O–H groups in total. The van der Waals surface area contributed by atoms with Crippen LogP contribution in [0, 0.1) is 5.82 Å². The lowest BCUT2D eigenvalue weighted by Crippen LogP contribution is -2.39. The number of nitrogens with zero attached hydrogens (tertiary/aromatic N) is 4. The van der Waals surface area contributed by atoms with Crippen LogP contribution < -0.4 is 0 Å². The largest absolute Gasteiger partial charge is 0.338 e. The first-order valence-corrected chi connectivity index (χ1v) is 9.58. The molecule has 7 nitrogen and oxygen atoms in total. The molecule has 3 heterocycles. The molecule has 8 heteroatoms. The van der Waals surface area contributed by atoms with Gasteiger partial charge in [0.2, 0.25) is 0 Å². The molecule has 1 saturated heterocycles. The Balaban J connectivity index is 1.39. The predicted octanol–water partition coefficient (Wildman–Crippen LogP) is 3.51. The number of rotatable bonds is 3. The lowest BCUT2D eigenvalue weighted by atomic mass is 9.90. The van der Waals surface area contributed by atoms with Crippen LogP contribution in [0.5, 0.6) is 0 Å². The van der Waals surface area contributed by atoms with Gasteiger partial charge in [0.1, 0.15) is 16.9 Å². The van der Waals surface area contributed by atoms with Gasteiger partial charge in [0.05, 0.1) is 6.20 Å². The summed E-state index contributed by atoms with van der Waals surface area (Å²) in [6.45, 7) is 1.32. The van der Waals surface area contributed by atoms with Crippen LogP contribution in [0.2, 0.25) is 0 Å². The summed E-state index contributed by atoms with van der Waals surface area (Å²) in [6.07, 6.45) is 3.63. The first-order valence-electron chi connectivity index (χ1n) is 9.58. The first-order chi connectivity index (χ1) is 14.2. The maximum atomic E-state index is 13.3. The lowest BCUT2D eigenvalue weighted by Gasteiger charge is -2.32. The maximum absolute atomic E-state index is 13.3. The monoisotopic (exact) mass is 390 g/mol. The van der Waals surface area contributed by atoms with Crippen LogP contribution in [0.3, 0.4) is 0 Å². The van der Waals surface area contributed by atoms with Crippen molar-refractivity contribution in [3.8, 4) is 11.1 Å². The van der Waals surface area contributed by atoms with Gasteiger partial charge in [0.15, 0.2) is 0 Å². The van der Waals surface area contributed by atoms with Crippen molar-refractivity contribution in [2.75, 3.05) is 13.1 Å². The maximum Gasteiger partial charge on any atom is 0.253 e. The van der Waals surface area contributed by atoms with Crippen molar-refractivity contribution in [2.45, 2.75) is 18.8 Å². The molecule has 5 rings (SSSR count). The highest BCUT2D eigenvalue weighted by atomic mass is 19.1. The van der Waals surface area contributed by atoms with Gasteiger partial charge in [-0.2, -0.15) is 20.5 Å². The summed E-state index contributed by atoms with van der Waals surface area (Å²) < 4.78 is 13.3. The highest BCUT2D eigenvalue weighted by Crippen LogP contribution is 2.33. The van der Waals surface area contributed by atoms with Crippen LogP contribution in [-0.4, -0.2) is 49.5 Å². The van der Waals surface area contributed by atoms with Gasteiger partial charge in [0, 0.05) is 35.8 Å². The fourth-order valence-electron chi connectivity index (χ4n) is 4.02. The van der Waals surface area contributed by atoms with E-state index in [9.17, 15) is 9.18 Å². The zero-order chi connectivity index (χ0) is 19.8. The second-order valence-corrected chi connectivity index (χ2v) is 7.32. The number of hydrogen-bond donors (Lipinski definition) is 2. The molecule has 1 aliphatic rings. The summed E-state index contributed by atoms with van der Waals surface area (Å²) in [5.74, 6) is -0.134. The van der Waals surface area contributed by atoms with Gasteiger partial charge in [-0.15, -0.1) is 0 Å². The van der Waals surface area contributed by atoms with Crippen LogP contribution in [0.15, 0.2) is 48.7 Å². The van der Waals surface area contributed by atoms with Crippen molar-refractivity contribution in [3.63, 3.8) is 0 Å². The van der Waals surface area contributed by atoms with E-state index >= 15 is 0 Å². The number of likely N-dealkylation sites (tertiary alicyclic amines) is 1. The van der Waals surface area contributed by atoms with E-state index in [1.54, 1.807) is 36.5 Å². The van der Waals surface area contributed by atoms with Crippen molar-refractivity contribution in [2.24, 2.45) is 0 Å². The smallest absolute Gasteiger partial charge is 0.253 e. The molecule has 29 heavy (non-hydrogen) atoms. The Morgan fingerprint density at radius 1 is 1.10 bits per heavy atom. The lowest BCUT2D eigenvalue weighted by molar-refractivity contribution is 0.0706. The second kappa shape index (κ2) is 7.12. The van der Waals surface area contributed by atoms with Crippen molar-refractivity contribution in [1.82, 2.24) is 30.5 Å². The number of aromatic nitrogens is 5. The van der Waals surface area contributed by atoms with Crippen molar-refractivity contribution in [3.05, 3.63) is 65.7 Å². The fourth-order valence-corrected chi connectivity index (χ4v) is 4.02. The van der Waals surface area contributed by atoms with Gasteiger partial charge in [-0.3, -0.25) is 9.89 Å². The number of nitrogens with one attached hydrogen (secondary N) is 2. The normalized spacial score (nSPS) is 17.0. The quantitative estimate of drug-likeness (QED) is 0.560. The van der Waals surface area contributed by atoms with Crippen molar-refractivity contribution < 1.29 is 9.18 Å². The zero-order valence-corrected chi connectivity index (χ0v) is 15.6. The average Bonchev–Trinajstić information content (AvgIpc) is 3.43. The molecule has 0 bridgehead atoms. The van der Waals surface area contributed by atoms with Crippen LogP contribution in [0.1, 0.15) is 34.8 Å². The predicted molar refractivity (Wildman–Crippen MR) is 106 cm³/mol. The number of carbonyl (C=O) groups is 1. The molecule has 2 aromatic heterocycles. The first kappa shape index (κ1) is 17.5. The molecule has 1 fully saturated rings. The number of halogens is 1. The van der Waals surface area contributed by atoms with Crippen molar-refractivity contribution >= 4 is 16.9 Å². The highest BCUT2D eigenvalue weighted by Gasteiger charge is 2.28. The van der Waals surface area contributed by atoms with Crippen LogP contribution in [0.25, 0.3) is 22.2 Å². The Bertz CT molecular complexity index is 1170. The minimum absolute atomic E-state index is 0.0116. The van der Waals surface area contributed by atoms with Gasteiger partial charge in [-0.1, -0.05) is 12.1 Å². The summed E-state index contributed by atoms with van der Waals surface area (Å²) in [6, 6.07) is 11.8. The molecule has 2 aromatic carbocycles. The van der Waals surface area contributed by atoms with Gasteiger partial charge in [-0.05, 0) is 48.7 Å². The number of carbonyl (C=O) groups excluding carboxylic acids is 1. The Hall–Kier alpha value is -3.55. The van der Waals surface area contributed by atoms with E-state index in [1.807, 2.05) is 4.90 Å². The van der Waals surface area contributed by atoms with E-state index in [0.717, 1.165) is 35.2 Å². The molecule has 1 atom stereocenters. The van der Waals surface area contributed by atoms with Gasteiger partial charge in [-0.25, -0.2) is 4.39 Å². The average molecular weight is 390 g/mol.